The molecule has 3 unspecified atom stereocenters. The van der Waals surface area contributed by atoms with Gasteiger partial charge < -0.3 is 44.8 Å². The maximum atomic E-state index is 13.2. The summed E-state index contributed by atoms with van der Waals surface area (Å²) in [5.41, 5.74) is 4.36. The van der Waals surface area contributed by atoms with E-state index in [2.05, 4.69) is 24.9 Å². The van der Waals surface area contributed by atoms with Crippen LogP contribution in [0.2, 0.25) is 0 Å². The molecule has 0 saturated carbocycles. The molecule has 9 atom stereocenters. The molecule has 21 heteroatoms. The number of aliphatic hydroxyl groups excluding tert-OH is 2. The van der Waals surface area contributed by atoms with Crippen molar-refractivity contribution in [1.82, 2.24) is 34.1 Å². The molecule has 0 radical (unpaired) electrons. The molecule has 0 bridgehead atoms. The van der Waals surface area contributed by atoms with Crippen LogP contribution in [0.3, 0.4) is 0 Å². The molecule has 6 N–H and O–H groups in total. The Kier molecular flexibility index (Phi) is 9.56. The van der Waals surface area contributed by atoms with E-state index in [0.717, 1.165) is 10.9 Å². The van der Waals surface area contributed by atoms with E-state index in [-0.39, 0.29) is 30.3 Å². The van der Waals surface area contributed by atoms with Gasteiger partial charge in [-0.05, 0) is 20.8 Å². The third-order valence-corrected chi connectivity index (χ3v) is 7.98. The van der Waals surface area contributed by atoms with Crippen LogP contribution in [-0.2, 0) is 32.6 Å². The number of aromatic nitrogens is 7. The number of hydrogen-bond acceptors (Lipinski definition) is 16. The van der Waals surface area contributed by atoms with E-state index in [0.29, 0.717) is 5.82 Å². The third-order valence-electron chi connectivity index (χ3n) is 7.00. The van der Waals surface area contributed by atoms with Gasteiger partial charge in [0.2, 0.25) is 5.95 Å². The summed E-state index contributed by atoms with van der Waals surface area (Å²) in [7, 11) is -4.95. The predicted molar refractivity (Wildman–Crippen MR) is 146 cm³/mol. The monoisotopic (exact) mass is 644 g/mol. The molecular weight excluding hydrogens is 611 g/mol. The molecule has 2 aliphatic rings. The van der Waals surface area contributed by atoms with E-state index in [1.54, 1.807) is 20.8 Å². The van der Waals surface area contributed by atoms with Crippen molar-refractivity contribution in [3.05, 3.63) is 39.3 Å². The lowest BCUT2D eigenvalue weighted by atomic mass is 10.1. The van der Waals surface area contributed by atoms with E-state index in [4.69, 9.17) is 33.7 Å². The summed E-state index contributed by atoms with van der Waals surface area (Å²) in [5.74, 6) is 0.0517. The van der Waals surface area contributed by atoms with Crippen molar-refractivity contribution in [1.29, 1.82) is 0 Å². The summed E-state index contributed by atoms with van der Waals surface area (Å²) < 4.78 is 49.3. The van der Waals surface area contributed by atoms with Crippen LogP contribution < -0.4 is 17.0 Å². The van der Waals surface area contributed by atoms with E-state index in [1.165, 1.54) is 10.9 Å². The van der Waals surface area contributed by atoms with Crippen LogP contribution >= 0.6 is 7.82 Å². The molecule has 3 aromatic heterocycles. The Morgan fingerprint density at radius 1 is 1.02 bits per heavy atom. The molecule has 0 aromatic carbocycles. The Morgan fingerprint density at radius 3 is 2.36 bits per heavy atom. The van der Waals surface area contributed by atoms with Crippen LogP contribution in [0.25, 0.3) is 11.2 Å². The number of nitrogens with zero attached hydrogens (tertiary/aromatic N) is 6. The Morgan fingerprint density at radius 2 is 1.68 bits per heavy atom. The molecule has 3 aromatic rings. The lowest BCUT2D eigenvalue weighted by Crippen LogP contribution is -2.39. The Hall–Kier alpha value is -3.17. The second kappa shape index (κ2) is 13.1. The van der Waals surface area contributed by atoms with Crippen LogP contribution in [0.1, 0.15) is 32.1 Å². The number of fused-ring (bicyclic) bond motifs is 1. The minimum absolute atomic E-state index is 0.0297. The average molecular weight is 645 g/mol. The number of nitrogens with two attached hydrogens (primary N) is 1. The van der Waals surface area contributed by atoms with Gasteiger partial charge in [-0.2, -0.15) is 4.98 Å². The van der Waals surface area contributed by atoms with Gasteiger partial charge in [0.25, 0.3) is 5.56 Å². The number of anilines is 1. The summed E-state index contributed by atoms with van der Waals surface area (Å²) in [5, 5.41) is 20.9. The molecule has 0 amide bonds. The molecule has 20 nitrogen and oxygen atoms in total. The molecule has 2 aliphatic heterocycles. The number of nitrogen functional groups attached to an aromatic ring is 1. The van der Waals surface area contributed by atoms with Crippen molar-refractivity contribution >= 4 is 24.9 Å². The standard InChI is InChI=1S/C23H33N8O12P/c1-4-38-16-14(33)12(42-20(16)31-9-26-22(24)29-23(31)35)7-40-44(36,37)43-15-11(6-32)41-21(17(15)39-5-2)30-8-25-13-18(30)27-10(3)28-19(13)34/h8-9,11-12,14-17,20-21,32-33H,4-7H2,1-3H3,(H,36,37)(H2,24,29,35)(H,27,28,34)/t11-,12-,14+,15?,16+,17?,20-,21-/m1/s1. The zero-order valence-corrected chi connectivity index (χ0v) is 24.7. The number of aliphatic hydroxyl groups is 2. The number of nitrogens with one attached hydrogen (secondary N) is 1. The fraction of sp³-hybridized carbons (Fsp3) is 0.652. The fourth-order valence-electron chi connectivity index (χ4n) is 5.13. The van der Waals surface area contributed by atoms with Crippen LogP contribution in [0, 0.1) is 6.92 Å². The van der Waals surface area contributed by atoms with Crippen molar-refractivity contribution in [2.24, 2.45) is 0 Å². The highest BCUT2D eigenvalue weighted by molar-refractivity contribution is 7.47. The Labute approximate surface area is 248 Å². The number of H-pyrrole nitrogens is 1. The van der Waals surface area contributed by atoms with Crippen LogP contribution in [0.5, 0.6) is 0 Å². The molecule has 2 saturated heterocycles. The summed E-state index contributed by atoms with van der Waals surface area (Å²) in [4.78, 5) is 53.7. The van der Waals surface area contributed by atoms with E-state index in [1.807, 2.05) is 0 Å². The average Bonchev–Trinajstić information content (AvgIpc) is 3.62. The SMILES string of the molecule is CCOC1C(OP(=O)(O)OC[C@H]2O[C@@H](n3cnc(N)nc3=O)[C@@H](OCC)[C@H]2O)[C@@H](CO)O[C@H]1n1cnc2c(=O)[nH]c(C)nc21. The molecule has 5 rings (SSSR count). The maximum absolute atomic E-state index is 13.2. The minimum Gasteiger partial charge on any atom is -0.394 e. The van der Waals surface area contributed by atoms with Crippen LogP contribution in [0.4, 0.5) is 5.95 Å². The number of imidazole rings is 1. The lowest BCUT2D eigenvalue weighted by Gasteiger charge is -2.26. The van der Waals surface area contributed by atoms with Gasteiger partial charge in [-0.3, -0.25) is 23.0 Å². The molecule has 44 heavy (non-hydrogen) atoms. The first-order chi connectivity index (χ1) is 21.0. The smallest absolute Gasteiger partial charge is 0.394 e. The van der Waals surface area contributed by atoms with Gasteiger partial charge in [0.15, 0.2) is 23.6 Å². The fourth-order valence-corrected chi connectivity index (χ4v) is 6.09. The molecular formula is C23H33N8O12P. The molecule has 0 aliphatic carbocycles. The van der Waals surface area contributed by atoms with E-state index < -0.39 is 81.4 Å². The quantitative estimate of drug-likeness (QED) is 0.135. The number of phosphoric ester groups is 1. The lowest BCUT2D eigenvalue weighted by molar-refractivity contribution is -0.0745. The van der Waals surface area contributed by atoms with Crippen molar-refractivity contribution in [2.75, 3.05) is 32.2 Å². The van der Waals surface area contributed by atoms with Gasteiger partial charge in [0.05, 0.1) is 19.5 Å². The first-order valence-corrected chi connectivity index (χ1v) is 15.1. The van der Waals surface area contributed by atoms with E-state index in [9.17, 15) is 29.3 Å². The van der Waals surface area contributed by atoms with Crippen molar-refractivity contribution in [2.45, 2.75) is 69.9 Å². The molecule has 242 valence electrons. The van der Waals surface area contributed by atoms with Gasteiger partial charge in [-0.1, -0.05) is 0 Å². The summed E-state index contributed by atoms with van der Waals surface area (Å²) >= 11 is 0. The summed E-state index contributed by atoms with van der Waals surface area (Å²) in [6, 6.07) is 0. The van der Waals surface area contributed by atoms with Gasteiger partial charge >= 0.3 is 13.5 Å². The van der Waals surface area contributed by atoms with Gasteiger partial charge in [-0.15, -0.1) is 0 Å². The predicted octanol–water partition coefficient (Wildman–Crippen LogP) is -1.88. The number of aryl methyl sites for hydroxylation is 1. The number of rotatable bonds is 12. The zero-order chi connectivity index (χ0) is 31.8. The van der Waals surface area contributed by atoms with Gasteiger partial charge in [0, 0.05) is 13.2 Å². The first kappa shape index (κ1) is 32.2. The van der Waals surface area contributed by atoms with Crippen molar-refractivity contribution < 1.29 is 47.7 Å². The number of ether oxygens (including phenoxy) is 4. The highest BCUT2D eigenvalue weighted by Gasteiger charge is 2.51. The van der Waals surface area contributed by atoms with Crippen LogP contribution in [-0.4, -0.2) is 112 Å². The molecule has 5 heterocycles. The number of aromatic amines is 1. The van der Waals surface area contributed by atoms with Crippen molar-refractivity contribution in [3.63, 3.8) is 0 Å². The third kappa shape index (κ3) is 6.31. The Bertz CT molecular complexity index is 1630. The second-order valence-corrected chi connectivity index (χ2v) is 11.3. The molecule has 0 spiro atoms. The number of phosphoric acid groups is 1. The van der Waals surface area contributed by atoms with Gasteiger partial charge in [-0.25, -0.2) is 24.3 Å². The minimum atomic E-state index is -4.95. The highest BCUT2D eigenvalue weighted by Crippen LogP contribution is 2.50. The highest BCUT2D eigenvalue weighted by atomic mass is 31.2. The largest absolute Gasteiger partial charge is 0.472 e. The zero-order valence-electron chi connectivity index (χ0n) is 23.8. The van der Waals surface area contributed by atoms with Gasteiger partial charge in [0.1, 0.15) is 48.8 Å². The number of hydrogen-bond donors (Lipinski definition) is 5. The Balaban J connectivity index is 1.33. The van der Waals surface area contributed by atoms with Crippen LogP contribution in [0.15, 0.2) is 22.2 Å². The first-order valence-electron chi connectivity index (χ1n) is 13.6. The topological polar surface area (TPSA) is 271 Å². The second-order valence-electron chi connectivity index (χ2n) is 9.86. The maximum Gasteiger partial charge on any atom is 0.472 e. The summed E-state index contributed by atoms with van der Waals surface area (Å²) in [6.07, 6.45) is -7.23. The summed E-state index contributed by atoms with van der Waals surface area (Å²) in [6.45, 7) is 3.88. The van der Waals surface area contributed by atoms with E-state index >= 15 is 0 Å². The normalized spacial score (nSPS) is 30.2. The van der Waals surface area contributed by atoms with Crippen molar-refractivity contribution in [3.8, 4) is 0 Å². The molecule has 2 fully saturated rings.